The quantitative estimate of drug-likeness (QED) is 0.778. The van der Waals surface area contributed by atoms with E-state index in [0.29, 0.717) is 29.0 Å². The molecule has 0 radical (unpaired) electrons. The summed E-state index contributed by atoms with van der Waals surface area (Å²) < 4.78 is 18.4. The fourth-order valence-corrected chi connectivity index (χ4v) is 3.30. The number of methoxy groups -OCH3 is 1. The number of anilines is 1. The molecule has 1 saturated carbocycles. The number of rotatable bonds is 7. The first-order valence-corrected chi connectivity index (χ1v) is 9.10. The summed E-state index contributed by atoms with van der Waals surface area (Å²) in [4.78, 5) is 14.0. The molecule has 1 unspecified atom stereocenters. The average Bonchev–Trinajstić information content (AvgIpc) is 3.46. The lowest BCUT2D eigenvalue weighted by atomic mass is 10.1. The molecule has 2 N–H and O–H groups in total. The first-order valence-electron chi connectivity index (χ1n) is 8.72. The van der Waals surface area contributed by atoms with Crippen molar-refractivity contribution in [2.75, 3.05) is 12.4 Å². The fraction of sp³-hybridized carbons (Fsp3) is 0.350. The number of carbonyl (C=O) groups excluding carboxylic acids is 1. The van der Waals surface area contributed by atoms with Gasteiger partial charge in [0.2, 0.25) is 0 Å². The second-order valence-electron chi connectivity index (χ2n) is 6.71. The van der Waals surface area contributed by atoms with Crippen molar-refractivity contribution < 1.29 is 18.8 Å². The van der Waals surface area contributed by atoms with Gasteiger partial charge in [0.15, 0.2) is 6.04 Å². The van der Waals surface area contributed by atoms with Crippen LogP contribution in [0.4, 0.5) is 10.1 Å². The molecular weight excluding hydrogens is 355 g/mol. The van der Waals surface area contributed by atoms with E-state index in [1.54, 1.807) is 37.4 Å². The van der Waals surface area contributed by atoms with Crippen molar-refractivity contribution in [2.45, 2.75) is 38.4 Å². The molecule has 0 heterocycles. The Morgan fingerprint density at radius 2 is 2.00 bits per heavy atom. The van der Waals surface area contributed by atoms with Crippen molar-refractivity contribution in [1.82, 2.24) is 0 Å². The van der Waals surface area contributed by atoms with E-state index in [0.717, 1.165) is 18.4 Å². The zero-order valence-corrected chi connectivity index (χ0v) is 15.6. The number of halogens is 2. The van der Waals surface area contributed by atoms with Crippen LogP contribution in [0.3, 0.4) is 0 Å². The van der Waals surface area contributed by atoms with Crippen molar-refractivity contribution in [1.29, 1.82) is 0 Å². The molecule has 2 aromatic carbocycles. The van der Waals surface area contributed by atoms with E-state index >= 15 is 0 Å². The van der Waals surface area contributed by atoms with Crippen LogP contribution in [0.25, 0.3) is 0 Å². The van der Waals surface area contributed by atoms with Crippen LogP contribution in [0.5, 0.6) is 5.75 Å². The Morgan fingerprint density at radius 3 is 2.62 bits per heavy atom. The summed E-state index contributed by atoms with van der Waals surface area (Å²) in [6.45, 7) is 2.61. The van der Waals surface area contributed by atoms with Gasteiger partial charge >= 0.3 is 0 Å². The monoisotopic (exact) mass is 377 g/mol. The van der Waals surface area contributed by atoms with Gasteiger partial charge in [-0.1, -0.05) is 23.7 Å². The molecule has 26 heavy (non-hydrogen) atoms. The maximum atomic E-state index is 13.1. The van der Waals surface area contributed by atoms with Crippen LogP contribution in [-0.2, 0) is 11.3 Å². The maximum Gasteiger partial charge on any atom is 0.282 e. The number of hydrogen-bond donors (Lipinski definition) is 2. The van der Waals surface area contributed by atoms with E-state index in [1.807, 2.05) is 6.92 Å². The van der Waals surface area contributed by atoms with Crippen molar-refractivity contribution in [3.8, 4) is 5.75 Å². The number of ether oxygens (including phenoxy) is 1. The molecule has 0 aliphatic heterocycles. The summed E-state index contributed by atoms with van der Waals surface area (Å²) in [5.74, 6) is 0.233. The molecule has 138 valence electrons. The van der Waals surface area contributed by atoms with Gasteiger partial charge in [-0.05, 0) is 37.3 Å². The number of nitrogens with one attached hydrogen (secondary N) is 2. The SMILES string of the molecule is COc1ccc(Cl)cc1NC(=O)[C@@H](C)[NH+](Cc1ccc(F)cc1)C1CC1. The van der Waals surface area contributed by atoms with E-state index in [2.05, 4.69) is 5.32 Å². The lowest BCUT2D eigenvalue weighted by molar-refractivity contribution is -0.938. The van der Waals surface area contributed by atoms with Crippen LogP contribution in [0.1, 0.15) is 25.3 Å². The van der Waals surface area contributed by atoms with Gasteiger partial charge in [-0.15, -0.1) is 0 Å². The molecule has 1 aliphatic carbocycles. The van der Waals surface area contributed by atoms with E-state index in [9.17, 15) is 9.18 Å². The van der Waals surface area contributed by atoms with Crippen molar-refractivity contribution in [3.05, 3.63) is 58.9 Å². The summed E-state index contributed by atoms with van der Waals surface area (Å²) in [6, 6.07) is 11.8. The van der Waals surface area contributed by atoms with E-state index in [4.69, 9.17) is 16.3 Å². The lowest BCUT2D eigenvalue weighted by Gasteiger charge is -2.25. The minimum atomic E-state index is -0.253. The topological polar surface area (TPSA) is 42.8 Å². The van der Waals surface area contributed by atoms with Crippen LogP contribution >= 0.6 is 11.6 Å². The summed E-state index contributed by atoms with van der Waals surface area (Å²) in [6.07, 6.45) is 2.21. The van der Waals surface area contributed by atoms with Crippen LogP contribution in [-0.4, -0.2) is 25.1 Å². The van der Waals surface area contributed by atoms with Gasteiger partial charge in [0, 0.05) is 23.4 Å². The molecule has 1 fully saturated rings. The molecule has 0 aromatic heterocycles. The highest BCUT2D eigenvalue weighted by Gasteiger charge is 2.39. The van der Waals surface area contributed by atoms with Gasteiger partial charge in [0.1, 0.15) is 18.1 Å². The molecule has 6 heteroatoms. The van der Waals surface area contributed by atoms with Crippen LogP contribution in [0.2, 0.25) is 5.02 Å². The molecule has 1 aliphatic rings. The Bertz CT molecular complexity index is 778. The first kappa shape index (κ1) is 18.7. The number of amides is 1. The largest absolute Gasteiger partial charge is 0.495 e. The lowest BCUT2D eigenvalue weighted by Crippen LogP contribution is -3.16. The Kier molecular flexibility index (Phi) is 5.79. The van der Waals surface area contributed by atoms with Gasteiger partial charge < -0.3 is 15.0 Å². The Hall–Kier alpha value is -2.11. The minimum Gasteiger partial charge on any atom is -0.495 e. The standard InChI is InChI=1S/C20H22ClFN2O2/c1-13(20(25)23-18-11-15(21)5-10-19(18)26-2)24(17-8-9-17)12-14-3-6-16(22)7-4-14/h3-7,10-11,13,17H,8-9,12H2,1-2H3,(H,23,25)/p+1/t13-/m1/s1. The van der Waals surface area contributed by atoms with Gasteiger partial charge in [-0.3, -0.25) is 4.79 Å². The summed E-state index contributed by atoms with van der Waals surface area (Å²) >= 11 is 6.04. The summed E-state index contributed by atoms with van der Waals surface area (Å²) in [7, 11) is 1.55. The van der Waals surface area contributed by atoms with Crippen LogP contribution < -0.4 is 15.0 Å². The van der Waals surface area contributed by atoms with E-state index in [1.165, 1.54) is 17.0 Å². The number of quaternary nitrogens is 1. The number of benzene rings is 2. The van der Waals surface area contributed by atoms with Gasteiger partial charge in [0.25, 0.3) is 5.91 Å². The third-order valence-corrected chi connectivity index (χ3v) is 5.03. The molecule has 0 spiro atoms. The van der Waals surface area contributed by atoms with Crippen molar-refractivity contribution in [3.63, 3.8) is 0 Å². The third kappa shape index (κ3) is 4.54. The number of carbonyl (C=O) groups is 1. The Balaban J connectivity index is 1.72. The molecule has 0 saturated heterocycles. The van der Waals surface area contributed by atoms with Crippen molar-refractivity contribution >= 4 is 23.2 Å². The van der Waals surface area contributed by atoms with Crippen molar-refractivity contribution in [2.24, 2.45) is 0 Å². The molecule has 2 aromatic rings. The zero-order valence-electron chi connectivity index (χ0n) is 14.9. The molecule has 4 nitrogen and oxygen atoms in total. The van der Waals surface area contributed by atoms with E-state index < -0.39 is 0 Å². The van der Waals surface area contributed by atoms with Gasteiger partial charge in [-0.2, -0.15) is 0 Å². The highest BCUT2D eigenvalue weighted by molar-refractivity contribution is 6.31. The van der Waals surface area contributed by atoms with Crippen LogP contribution in [0, 0.1) is 5.82 Å². The minimum absolute atomic E-state index is 0.0884. The van der Waals surface area contributed by atoms with Crippen LogP contribution in [0.15, 0.2) is 42.5 Å². The second-order valence-corrected chi connectivity index (χ2v) is 7.14. The predicted octanol–water partition coefficient (Wildman–Crippen LogP) is 3.06. The Labute approximate surface area is 157 Å². The fourth-order valence-electron chi connectivity index (χ4n) is 3.13. The zero-order chi connectivity index (χ0) is 18.7. The maximum absolute atomic E-state index is 13.1. The third-order valence-electron chi connectivity index (χ3n) is 4.79. The molecule has 1 amide bonds. The summed E-state index contributed by atoms with van der Waals surface area (Å²) in [5.41, 5.74) is 1.59. The Morgan fingerprint density at radius 1 is 1.31 bits per heavy atom. The molecular formula is C20H23ClFN2O2+. The summed E-state index contributed by atoms with van der Waals surface area (Å²) in [5, 5.41) is 3.46. The van der Waals surface area contributed by atoms with E-state index in [-0.39, 0.29) is 17.8 Å². The normalized spacial score (nSPS) is 16.0. The second kappa shape index (κ2) is 8.06. The number of hydrogen-bond acceptors (Lipinski definition) is 2. The molecule has 0 bridgehead atoms. The average molecular weight is 378 g/mol. The highest BCUT2D eigenvalue weighted by atomic mass is 35.5. The molecule has 3 rings (SSSR count). The van der Waals surface area contributed by atoms with Gasteiger partial charge in [0.05, 0.1) is 18.8 Å². The molecule has 2 atom stereocenters. The first-order chi connectivity index (χ1) is 12.5. The smallest absolute Gasteiger partial charge is 0.282 e. The predicted molar refractivity (Wildman–Crippen MR) is 100 cm³/mol. The van der Waals surface area contributed by atoms with Gasteiger partial charge in [-0.25, -0.2) is 4.39 Å². The highest BCUT2D eigenvalue weighted by Crippen LogP contribution is 2.27.